The average molecular weight is 482 g/mol. The average Bonchev–Trinajstić information content (AvgIpc) is 3.64. The molecule has 5 rings (SSSR count). The van der Waals surface area contributed by atoms with Gasteiger partial charge in [0.25, 0.3) is 0 Å². The molecule has 1 aromatic heterocycles. The molecule has 5 nitrogen and oxygen atoms in total. The Morgan fingerprint density at radius 1 is 1.06 bits per heavy atom. The van der Waals surface area contributed by atoms with Crippen molar-refractivity contribution in [3.8, 4) is 16.9 Å². The fourth-order valence-electron chi connectivity index (χ4n) is 4.34. The van der Waals surface area contributed by atoms with Crippen molar-refractivity contribution in [2.75, 3.05) is 6.61 Å². The minimum absolute atomic E-state index is 0.174. The molecule has 0 amide bonds. The highest BCUT2D eigenvalue weighted by Crippen LogP contribution is 2.35. The van der Waals surface area contributed by atoms with Crippen molar-refractivity contribution in [3.63, 3.8) is 0 Å². The van der Waals surface area contributed by atoms with Crippen LogP contribution >= 0.6 is 0 Å². The Morgan fingerprint density at radius 3 is 2.72 bits per heavy atom. The highest BCUT2D eigenvalue weighted by molar-refractivity contribution is 5.93. The van der Waals surface area contributed by atoms with Gasteiger partial charge in [0.05, 0.1) is 19.3 Å². The molecule has 1 aliphatic rings. The van der Waals surface area contributed by atoms with Crippen molar-refractivity contribution in [2.24, 2.45) is 11.7 Å². The van der Waals surface area contributed by atoms with Gasteiger partial charge in [0.15, 0.2) is 0 Å². The van der Waals surface area contributed by atoms with E-state index in [1.165, 1.54) is 12.8 Å². The lowest BCUT2D eigenvalue weighted by Crippen LogP contribution is -2.09. The van der Waals surface area contributed by atoms with Gasteiger partial charge in [0.2, 0.25) is 0 Å². The molecule has 0 unspecified atom stereocenters. The highest BCUT2D eigenvalue weighted by atomic mass is 16.5. The highest BCUT2D eigenvalue weighted by Gasteiger charge is 2.19. The molecular formula is C31H31NO4. The number of ether oxygens (including phenoxy) is 2. The number of para-hydroxylation sites is 1. The molecule has 36 heavy (non-hydrogen) atoms. The molecule has 1 saturated carbocycles. The maximum Gasteiger partial charge on any atom is 0.310 e. The molecule has 0 saturated heterocycles. The molecule has 1 aliphatic carbocycles. The van der Waals surface area contributed by atoms with E-state index in [2.05, 4.69) is 36.4 Å². The summed E-state index contributed by atoms with van der Waals surface area (Å²) in [5.41, 5.74) is 12.9. The first-order chi connectivity index (χ1) is 17.6. The van der Waals surface area contributed by atoms with Crippen molar-refractivity contribution in [2.45, 2.75) is 39.3 Å². The summed E-state index contributed by atoms with van der Waals surface area (Å²) in [7, 11) is 0. The molecular weight excluding hydrogens is 450 g/mol. The minimum atomic E-state index is -0.265. The third-order valence-electron chi connectivity index (χ3n) is 6.44. The summed E-state index contributed by atoms with van der Waals surface area (Å²) in [6.07, 6.45) is 8.90. The second-order valence-corrected chi connectivity index (χ2v) is 9.18. The Labute approximate surface area is 211 Å². The third-order valence-corrected chi connectivity index (χ3v) is 6.44. The smallest absolute Gasteiger partial charge is 0.310 e. The third kappa shape index (κ3) is 5.52. The topological polar surface area (TPSA) is 74.7 Å². The zero-order valence-electron chi connectivity index (χ0n) is 20.5. The number of rotatable bonds is 10. The van der Waals surface area contributed by atoms with E-state index in [1.807, 2.05) is 36.4 Å². The number of carbonyl (C=O) groups is 1. The summed E-state index contributed by atoms with van der Waals surface area (Å²) in [5, 5.41) is 1.02. The number of furan rings is 1. The molecule has 0 atom stereocenters. The molecule has 184 valence electrons. The van der Waals surface area contributed by atoms with Crippen LogP contribution in [0.15, 0.2) is 77.4 Å². The van der Waals surface area contributed by atoms with Crippen LogP contribution in [0.5, 0.6) is 5.75 Å². The normalized spacial score (nSPS) is 13.4. The summed E-state index contributed by atoms with van der Waals surface area (Å²) < 4.78 is 17.4. The van der Waals surface area contributed by atoms with Gasteiger partial charge in [-0.05, 0) is 66.6 Å². The largest absolute Gasteiger partial charge is 0.488 e. The SMILES string of the molecule is CCOC(=O)Cc1ccccc1OCc1coc2c(/C=C/C3CC3)cc(-c3cccc(CN)c3)cc12. The number of hydrogen-bond acceptors (Lipinski definition) is 5. The van der Waals surface area contributed by atoms with Crippen LogP contribution in [0.4, 0.5) is 0 Å². The molecule has 0 spiro atoms. The number of benzene rings is 3. The molecule has 1 heterocycles. The van der Waals surface area contributed by atoms with Crippen LogP contribution in [0.2, 0.25) is 0 Å². The zero-order valence-corrected chi connectivity index (χ0v) is 20.5. The fourth-order valence-corrected chi connectivity index (χ4v) is 4.34. The van der Waals surface area contributed by atoms with Gasteiger partial charge in [-0.3, -0.25) is 4.79 Å². The van der Waals surface area contributed by atoms with Crippen molar-refractivity contribution in [1.82, 2.24) is 0 Å². The summed E-state index contributed by atoms with van der Waals surface area (Å²) in [6.45, 7) is 2.99. The second-order valence-electron chi connectivity index (χ2n) is 9.18. The van der Waals surface area contributed by atoms with E-state index < -0.39 is 0 Å². The first-order valence-electron chi connectivity index (χ1n) is 12.5. The molecule has 3 aromatic carbocycles. The number of esters is 1. The maximum atomic E-state index is 12.0. The first-order valence-corrected chi connectivity index (χ1v) is 12.5. The van der Waals surface area contributed by atoms with Crippen LogP contribution < -0.4 is 10.5 Å². The zero-order chi connectivity index (χ0) is 24.9. The van der Waals surface area contributed by atoms with Gasteiger partial charge in [-0.25, -0.2) is 0 Å². The summed E-state index contributed by atoms with van der Waals surface area (Å²) in [6, 6.07) is 20.2. The van der Waals surface area contributed by atoms with Gasteiger partial charge in [-0.15, -0.1) is 0 Å². The number of hydrogen-bond donors (Lipinski definition) is 1. The molecule has 5 heteroatoms. The van der Waals surface area contributed by atoms with E-state index >= 15 is 0 Å². The standard InChI is InChI=1S/C31H31NO4/c1-2-34-30(33)17-24-7-3-4-9-29(24)35-19-27-20-36-31-25(13-12-21-10-11-21)15-26(16-28(27)31)23-8-5-6-22(14-23)18-32/h3-9,12-16,20-21H,2,10-11,17-19,32H2,1H3/b13-12+. The van der Waals surface area contributed by atoms with Crippen molar-refractivity contribution < 1.29 is 18.7 Å². The monoisotopic (exact) mass is 481 g/mol. The molecule has 0 bridgehead atoms. The van der Waals surface area contributed by atoms with Crippen LogP contribution in [0.3, 0.4) is 0 Å². The lowest BCUT2D eigenvalue weighted by Gasteiger charge is -2.11. The van der Waals surface area contributed by atoms with Crippen LogP contribution in [0.1, 0.15) is 42.0 Å². The summed E-state index contributed by atoms with van der Waals surface area (Å²) in [4.78, 5) is 12.0. The lowest BCUT2D eigenvalue weighted by atomic mass is 9.97. The number of fused-ring (bicyclic) bond motifs is 1. The first kappa shape index (κ1) is 23.9. The van der Waals surface area contributed by atoms with Crippen LogP contribution in [-0.2, 0) is 29.1 Å². The van der Waals surface area contributed by atoms with E-state index in [9.17, 15) is 4.79 Å². The second kappa shape index (κ2) is 10.8. The van der Waals surface area contributed by atoms with Crippen molar-refractivity contribution in [1.29, 1.82) is 0 Å². The van der Waals surface area contributed by atoms with Gasteiger partial charge >= 0.3 is 5.97 Å². The predicted octanol–water partition coefficient (Wildman–Crippen LogP) is 6.67. The molecule has 0 aliphatic heterocycles. The minimum Gasteiger partial charge on any atom is -0.488 e. The Bertz CT molecular complexity index is 1400. The lowest BCUT2D eigenvalue weighted by molar-refractivity contribution is -0.142. The van der Waals surface area contributed by atoms with Gasteiger partial charge < -0.3 is 19.6 Å². The maximum absolute atomic E-state index is 12.0. The predicted molar refractivity (Wildman–Crippen MR) is 142 cm³/mol. The summed E-state index contributed by atoms with van der Waals surface area (Å²) >= 11 is 0. The van der Waals surface area contributed by atoms with Gasteiger partial charge in [-0.2, -0.15) is 0 Å². The number of allylic oxidation sites excluding steroid dienone is 1. The van der Waals surface area contributed by atoms with E-state index in [0.29, 0.717) is 31.4 Å². The quantitative estimate of drug-likeness (QED) is 0.256. The van der Waals surface area contributed by atoms with Crippen LogP contribution in [0, 0.1) is 5.92 Å². The van der Waals surface area contributed by atoms with Crippen LogP contribution in [-0.4, -0.2) is 12.6 Å². The van der Waals surface area contributed by atoms with E-state index in [4.69, 9.17) is 19.6 Å². The Kier molecular flexibility index (Phi) is 7.19. The Hall–Kier alpha value is -3.83. The van der Waals surface area contributed by atoms with Crippen molar-refractivity contribution in [3.05, 3.63) is 95.3 Å². The van der Waals surface area contributed by atoms with Gasteiger partial charge in [0, 0.05) is 28.6 Å². The summed E-state index contributed by atoms with van der Waals surface area (Å²) in [5.74, 6) is 1.07. The molecule has 2 N–H and O–H groups in total. The number of carbonyl (C=O) groups excluding carboxylic acids is 1. The van der Waals surface area contributed by atoms with Gasteiger partial charge in [0.1, 0.15) is 17.9 Å². The molecule has 1 fully saturated rings. The van der Waals surface area contributed by atoms with E-state index in [1.54, 1.807) is 13.2 Å². The van der Waals surface area contributed by atoms with Crippen molar-refractivity contribution >= 4 is 23.0 Å². The van der Waals surface area contributed by atoms with Crippen LogP contribution in [0.25, 0.3) is 28.2 Å². The molecule has 4 aromatic rings. The van der Waals surface area contributed by atoms with E-state index in [0.717, 1.165) is 44.3 Å². The Balaban J connectivity index is 1.47. The number of nitrogens with two attached hydrogens (primary N) is 1. The van der Waals surface area contributed by atoms with E-state index in [-0.39, 0.29) is 12.4 Å². The fraction of sp³-hybridized carbons (Fsp3) is 0.258. The Morgan fingerprint density at radius 2 is 1.92 bits per heavy atom. The molecule has 0 radical (unpaired) electrons. The van der Waals surface area contributed by atoms with Gasteiger partial charge in [-0.1, -0.05) is 48.6 Å².